The van der Waals surface area contributed by atoms with Crippen LogP contribution >= 0.6 is 0 Å². The molecule has 1 N–H and O–H groups in total. The van der Waals surface area contributed by atoms with Crippen LogP contribution in [0.2, 0.25) is 0 Å². The van der Waals surface area contributed by atoms with Crippen LogP contribution in [0.4, 0.5) is 0 Å². The van der Waals surface area contributed by atoms with Crippen molar-refractivity contribution in [3.8, 4) is 5.75 Å². The second-order valence-electron chi connectivity index (χ2n) is 5.37. The maximum atomic E-state index is 10.6. The van der Waals surface area contributed by atoms with E-state index in [9.17, 15) is 5.11 Å². The minimum absolute atomic E-state index is 0.634. The number of hydrogen-bond donors (Lipinski definition) is 1. The van der Waals surface area contributed by atoms with Crippen LogP contribution in [0.5, 0.6) is 5.75 Å². The van der Waals surface area contributed by atoms with E-state index in [1.54, 1.807) is 0 Å². The molecule has 94 valence electrons. The Morgan fingerprint density at radius 1 is 1.35 bits per heavy atom. The summed E-state index contributed by atoms with van der Waals surface area (Å²) in [5.41, 5.74) is 0.291. The van der Waals surface area contributed by atoms with Gasteiger partial charge in [0, 0.05) is 5.56 Å². The van der Waals surface area contributed by atoms with Crippen molar-refractivity contribution in [2.75, 3.05) is 6.61 Å². The molecule has 0 bridgehead atoms. The van der Waals surface area contributed by atoms with E-state index in [0.29, 0.717) is 18.4 Å². The van der Waals surface area contributed by atoms with Crippen LogP contribution in [0.25, 0.3) is 0 Å². The predicted octanol–water partition coefficient (Wildman–Crippen LogP) is 3.34. The number of para-hydroxylation sites is 1. The van der Waals surface area contributed by atoms with Gasteiger partial charge in [-0.05, 0) is 37.7 Å². The van der Waals surface area contributed by atoms with Gasteiger partial charge in [-0.15, -0.1) is 0 Å². The predicted molar refractivity (Wildman–Crippen MR) is 69.1 cm³/mol. The molecule has 0 amide bonds. The smallest absolute Gasteiger partial charge is 0.125 e. The fourth-order valence-electron chi connectivity index (χ4n) is 2.63. The Hall–Kier alpha value is -1.02. The zero-order valence-electron chi connectivity index (χ0n) is 10.9. The van der Waals surface area contributed by atoms with Crippen LogP contribution in [0, 0.1) is 11.8 Å². The number of rotatable bonds is 4. The van der Waals surface area contributed by atoms with Crippen molar-refractivity contribution >= 4 is 0 Å². The van der Waals surface area contributed by atoms with Crippen molar-refractivity contribution in [2.24, 2.45) is 11.8 Å². The maximum absolute atomic E-state index is 10.6. The average molecular weight is 234 g/mol. The van der Waals surface area contributed by atoms with Gasteiger partial charge in [0.15, 0.2) is 0 Å². The zero-order chi connectivity index (χ0) is 12.5. The van der Waals surface area contributed by atoms with Crippen LogP contribution in [-0.4, -0.2) is 11.7 Å². The Morgan fingerprint density at radius 3 is 2.59 bits per heavy atom. The van der Waals surface area contributed by atoms with E-state index in [2.05, 4.69) is 13.8 Å². The molecule has 0 spiro atoms. The molecule has 0 aliphatic heterocycles. The Balaban J connectivity index is 2.18. The molecule has 1 aromatic carbocycles. The van der Waals surface area contributed by atoms with Crippen molar-refractivity contribution < 1.29 is 9.84 Å². The summed E-state index contributed by atoms with van der Waals surface area (Å²) in [4.78, 5) is 0. The van der Waals surface area contributed by atoms with E-state index in [4.69, 9.17) is 4.74 Å². The first-order chi connectivity index (χ1) is 8.07. The third-order valence-electron chi connectivity index (χ3n) is 3.83. The normalized spacial score (nSPS) is 27.9. The first-order valence-corrected chi connectivity index (χ1v) is 6.51. The molecule has 0 heterocycles. The number of ether oxygens (including phenoxy) is 1. The lowest BCUT2D eigenvalue weighted by molar-refractivity contribution is -0.0947. The van der Waals surface area contributed by atoms with E-state index in [1.807, 2.05) is 31.2 Å². The number of aliphatic hydroxyl groups is 1. The minimum atomic E-state index is -0.666. The van der Waals surface area contributed by atoms with Gasteiger partial charge < -0.3 is 9.84 Å². The fraction of sp³-hybridized carbons (Fsp3) is 0.600. The maximum Gasteiger partial charge on any atom is 0.125 e. The molecule has 0 saturated heterocycles. The Morgan fingerprint density at radius 2 is 2.00 bits per heavy atom. The SMILES string of the molecule is CCOc1ccccc1C1(O)CC(C(C)C)C1. The van der Waals surface area contributed by atoms with Gasteiger partial charge in [0.05, 0.1) is 12.2 Å². The lowest BCUT2D eigenvalue weighted by Crippen LogP contribution is -2.43. The Bertz CT molecular complexity index is 378. The van der Waals surface area contributed by atoms with Gasteiger partial charge in [0.2, 0.25) is 0 Å². The van der Waals surface area contributed by atoms with E-state index < -0.39 is 5.60 Å². The third kappa shape index (κ3) is 2.32. The summed E-state index contributed by atoms with van der Waals surface area (Å²) < 4.78 is 5.59. The molecule has 1 aliphatic rings. The second-order valence-corrected chi connectivity index (χ2v) is 5.37. The first-order valence-electron chi connectivity index (χ1n) is 6.51. The topological polar surface area (TPSA) is 29.5 Å². The van der Waals surface area contributed by atoms with Gasteiger partial charge in [-0.1, -0.05) is 32.0 Å². The van der Waals surface area contributed by atoms with E-state index >= 15 is 0 Å². The van der Waals surface area contributed by atoms with Crippen molar-refractivity contribution in [1.29, 1.82) is 0 Å². The quantitative estimate of drug-likeness (QED) is 0.865. The molecule has 2 rings (SSSR count). The van der Waals surface area contributed by atoms with Gasteiger partial charge in [0.25, 0.3) is 0 Å². The van der Waals surface area contributed by atoms with Crippen molar-refractivity contribution in [3.63, 3.8) is 0 Å². The van der Waals surface area contributed by atoms with Gasteiger partial charge in [0.1, 0.15) is 5.75 Å². The largest absolute Gasteiger partial charge is 0.493 e. The number of benzene rings is 1. The summed E-state index contributed by atoms with van der Waals surface area (Å²) in [6, 6.07) is 7.86. The highest BCUT2D eigenvalue weighted by Gasteiger charge is 2.46. The van der Waals surface area contributed by atoms with Crippen molar-refractivity contribution in [2.45, 2.75) is 39.2 Å². The lowest BCUT2D eigenvalue weighted by atomic mass is 9.63. The molecule has 1 fully saturated rings. The molecule has 1 aliphatic carbocycles. The fourth-order valence-corrected chi connectivity index (χ4v) is 2.63. The monoisotopic (exact) mass is 234 g/mol. The van der Waals surface area contributed by atoms with Crippen LogP contribution < -0.4 is 4.74 Å². The molecule has 0 unspecified atom stereocenters. The van der Waals surface area contributed by atoms with Gasteiger partial charge in [-0.25, -0.2) is 0 Å². The molecule has 1 aromatic rings. The second kappa shape index (κ2) is 4.69. The summed E-state index contributed by atoms with van der Waals surface area (Å²) >= 11 is 0. The Kier molecular flexibility index (Phi) is 3.43. The van der Waals surface area contributed by atoms with Crippen LogP contribution in [0.15, 0.2) is 24.3 Å². The van der Waals surface area contributed by atoms with Crippen LogP contribution in [0.3, 0.4) is 0 Å². The van der Waals surface area contributed by atoms with Gasteiger partial charge >= 0.3 is 0 Å². The summed E-state index contributed by atoms with van der Waals surface area (Å²) in [5, 5.41) is 10.6. The molecular formula is C15H22O2. The lowest BCUT2D eigenvalue weighted by Gasteiger charge is -2.46. The first kappa shape index (κ1) is 12.4. The molecule has 1 saturated carbocycles. The molecule has 17 heavy (non-hydrogen) atoms. The summed E-state index contributed by atoms with van der Waals surface area (Å²) in [5.74, 6) is 2.11. The summed E-state index contributed by atoms with van der Waals surface area (Å²) in [6.07, 6.45) is 1.71. The van der Waals surface area contributed by atoms with Gasteiger partial charge in [-0.2, -0.15) is 0 Å². The van der Waals surface area contributed by atoms with E-state index in [1.165, 1.54) is 0 Å². The summed E-state index contributed by atoms with van der Waals surface area (Å²) in [7, 11) is 0. The summed E-state index contributed by atoms with van der Waals surface area (Å²) in [6.45, 7) is 7.05. The van der Waals surface area contributed by atoms with Crippen molar-refractivity contribution in [1.82, 2.24) is 0 Å². The molecule has 0 radical (unpaired) electrons. The zero-order valence-corrected chi connectivity index (χ0v) is 10.9. The van der Waals surface area contributed by atoms with E-state index in [-0.39, 0.29) is 0 Å². The molecular weight excluding hydrogens is 212 g/mol. The van der Waals surface area contributed by atoms with Crippen LogP contribution in [0.1, 0.15) is 39.2 Å². The third-order valence-corrected chi connectivity index (χ3v) is 3.83. The molecule has 2 nitrogen and oxygen atoms in total. The highest BCUT2D eigenvalue weighted by Crippen LogP contribution is 2.50. The standard InChI is InChI=1S/C15H22O2/c1-4-17-14-8-6-5-7-13(14)15(16)9-12(10-15)11(2)3/h5-8,11-12,16H,4,9-10H2,1-3H3. The highest BCUT2D eigenvalue weighted by atomic mass is 16.5. The molecule has 0 aromatic heterocycles. The average Bonchev–Trinajstić information content (AvgIpc) is 2.26. The minimum Gasteiger partial charge on any atom is -0.493 e. The van der Waals surface area contributed by atoms with Gasteiger partial charge in [-0.3, -0.25) is 0 Å². The number of hydrogen-bond acceptors (Lipinski definition) is 2. The van der Waals surface area contributed by atoms with E-state index in [0.717, 1.165) is 24.2 Å². The Labute approximate surface area is 104 Å². The molecule has 0 atom stereocenters. The highest BCUT2D eigenvalue weighted by molar-refractivity contribution is 5.39. The molecule has 2 heteroatoms. The van der Waals surface area contributed by atoms with Crippen molar-refractivity contribution in [3.05, 3.63) is 29.8 Å². The van der Waals surface area contributed by atoms with Crippen LogP contribution in [-0.2, 0) is 5.60 Å².